The number of alkyl halides is 3. The van der Waals surface area contributed by atoms with Gasteiger partial charge in [0.05, 0.1) is 0 Å². The fourth-order valence-electron chi connectivity index (χ4n) is 0.602. The molecule has 0 bridgehead atoms. The molecule has 0 heterocycles. The molecule has 14 heavy (non-hydrogen) atoms. The van der Waals surface area contributed by atoms with Gasteiger partial charge in [-0.15, -0.1) is 0 Å². The predicted octanol–water partition coefficient (Wildman–Crippen LogP) is 4.97. The van der Waals surface area contributed by atoms with Crippen molar-refractivity contribution in [2.45, 2.75) is 4.30 Å². The molecule has 0 aliphatic heterocycles. The normalized spacial score (nSPS) is 10.7. The molecule has 0 aromatic heterocycles. The van der Waals surface area contributed by atoms with Crippen molar-refractivity contribution in [2.75, 3.05) is 0 Å². The van der Waals surface area contributed by atoms with Crippen LogP contribution in [0.5, 0.6) is 0 Å². The van der Waals surface area contributed by atoms with E-state index in [1.54, 1.807) is 24.3 Å². The first-order valence-corrected chi connectivity index (χ1v) is 8.14. The SMILES string of the molecule is ClC(Cl)Cl.O=P(Cl)(Cl)c1ccccc1. The number of benzene rings is 1. The summed E-state index contributed by atoms with van der Waals surface area (Å²) in [5.74, 6) is -3.07. The van der Waals surface area contributed by atoms with Crippen LogP contribution in [0.15, 0.2) is 30.3 Å². The van der Waals surface area contributed by atoms with Crippen LogP contribution in [0.2, 0.25) is 0 Å². The molecule has 80 valence electrons. The Morgan fingerprint density at radius 1 is 1.00 bits per heavy atom. The summed E-state index contributed by atoms with van der Waals surface area (Å²) in [6, 6.07) is 8.58. The molecule has 1 aromatic carbocycles. The van der Waals surface area contributed by atoms with Crippen LogP contribution < -0.4 is 5.30 Å². The number of halogens is 5. The highest BCUT2D eigenvalue weighted by molar-refractivity contribution is 8.13. The van der Waals surface area contributed by atoms with E-state index in [1.807, 2.05) is 6.07 Å². The monoisotopic (exact) mass is 312 g/mol. The fraction of sp³-hybridized carbons (Fsp3) is 0.143. The Balaban J connectivity index is 0.000000364. The predicted molar refractivity (Wildman–Crippen MR) is 66.7 cm³/mol. The van der Waals surface area contributed by atoms with E-state index in [0.29, 0.717) is 5.30 Å². The zero-order valence-corrected chi connectivity index (χ0v) is 11.4. The van der Waals surface area contributed by atoms with Gasteiger partial charge < -0.3 is 0 Å². The van der Waals surface area contributed by atoms with E-state index in [0.717, 1.165) is 0 Å². The van der Waals surface area contributed by atoms with E-state index in [4.69, 9.17) is 57.3 Å². The van der Waals surface area contributed by atoms with Gasteiger partial charge in [-0.1, -0.05) is 53.0 Å². The van der Waals surface area contributed by atoms with E-state index in [9.17, 15) is 4.57 Å². The highest BCUT2D eigenvalue weighted by Gasteiger charge is 2.15. The molecular formula is C7H6Cl5OP. The maximum atomic E-state index is 10.9. The smallest absolute Gasteiger partial charge is 0.281 e. The second-order valence-corrected chi connectivity index (χ2v) is 8.84. The van der Waals surface area contributed by atoms with Crippen LogP contribution in [0.25, 0.3) is 0 Å². The number of hydrogen-bond donors (Lipinski definition) is 0. The Morgan fingerprint density at radius 2 is 1.36 bits per heavy atom. The third-order valence-electron chi connectivity index (χ3n) is 1.06. The van der Waals surface area contributed by atoms with Gasteiger partial charge in [0, 0.05) is 5.30 Å². The van der Waals surface area contributed by atoms with E-state index >= 15 is 0 Å². The van der Waals surface area contributed by atoms with Crippen LogP contribution in [0, 0.1) is 0 Å². The minimum Gasteiger partial charge on any atom is -0.284 e. The molecular weight excluding hydrogens is 308 g/mol. The average molecular weight is 314 g/mol. The Bertz CT molecular complexity index is 293. The van der Waals surface area contributed by atoms with E-state index < -0.39 is 10.1 Å². The molecule has 0 fully saturated rings. The largest absolute Gasteiger partial charge is 0.284 e. The maximum absolute atomic E-state index is 10.9. The number of rotatable bonds is 1. The molecule has 0 atom stereocenters. The lowest BCUT2D eigenvalue weighted by Gasteiger charge is -1.98. The summed E-state index contributed by atoms with van der Waals surface area (Å²) in [6.07, 6.45) is 0. The Morgan fingerprint density at radius 3 is 1.57 bits per heavy atom. The van der Waals surface area contributed by atoms with Gasteiger partial charge in [-0.3, -0.25) is 4.57 Å². The molecule has 0 radical (unpaired) electrons. The lowest BCUT2D eigenvalue weighted by Crippen LogP contribution is -1.93. The molecule has 0 aliphatic rings. The van der Waals surface area contributed by atoms with Crippen LogP contribution in [0.1, 0.15) is 0 Å². The van der Waals surface area contributed by atoms with Crippen molar-refractivity contribution in [3.63, 3.8) is 0 Å². The topological polar surface area (TPSA) is 17.1 Å². The van der Waals surface area contributed by atoms with Gasteiger partial charge in [-0.25, -0.2) is 0 Å². The van der Waals surface area contributed by atoms with Gasteiger partial charge in [0.1, 0.15) is 0 Å². The molecule has 1 aromatic rings. The molecule has 1 nitrogen and oxygen atoms in total. The first-order valence-electron chi connectivity index (χ1n) is 3.31. The summed E-state index contributed by atoms with van der Waals surface area (Å²) >= 11 is 25.2. The third kappa shape index (κ3) is 8.23. The van der Waals surface area contributed by atoms with E-state index in [1.165, 1.54) is 0 Å². The van der Waals surface area contributed by atoms with Crippen molar-refractivity contribution in [1.82, 2.24) is 0 Å². The molecule has 0 saturated heterocycles. The zero-order valence-electron chi connectivity index (χ0n) is 6.71. The zero-order chi connectivity index (χ0) is 11.2. The van der Waals surface area contributed by atoms with Gasteiger partial charge in [-0.2, -0.15) is 0 Å². The van der Waals surface area contributed by atoms with Crippen molar-refractivity contribution in [2.24, 2.45) is 0 Å². The van der Waals surface area contributed by atoms with E-state index in [-0.39, 0.29) is 0 Å². The summed E-state index contributed by atoms with van der Waals surface area (Å²) in [4.78, 5) is 0. The van der Waals surface area contributed by atoms with Crippen LogP contribution in [0.4, 0.5) is 0 Å². The third-order valence-corrected chi connectivity index (χ3v) is 3.13. The highest BCUT2D eigenvalue weighted by atomic mass is 35.9. The lowest BCUT2D eigenvalue weighted by molar-refractivity contribution is 0.597. The van der Waals surface area contributed by atoms with Crippen molar-refractivity contribution in [3.8, 4) is 0 Å². The summed E-state index contributed by atoms with van der Waals surface area (Å²) in [5.41, 5.74) is 0. The summed E-state index contributed by atoms with van der Waals surface area (Å²) in [5, 5.41) is 0.485. The molecule has 0 spiro atoms. The van der Waals surface area contributed by atoms with Crippen LogP contribution in [0.3, 0.4) is 0 Å². The molecule has 0 aliphatic carbocycles. The molecule has 0 unspecified atom stereocenters. The summed E-state index contributed by atoms with van der Waals surface area (Å²) < 4.78 is 10.2. The molecule has 0 amide bonds. The van der Waals surface area contributed by atoms with Crippen molar-refractivity contribution in [1.29, 1.82) is 0 Å². The van der Waals surface area contributed by atoms with Gasteiger partial charge >= 0.3 is 0 Å². The molecule has 7 heteroatoms. The molecule has 1 rings (SSSR count). The summed E-state index contributed by atoms with van der Waals surface area (Å²) in [7, 11) is 0. The van der Waals surface area contributed by atoms with Crippen molar-refractivity contribution in [3.05, 3.63) is 30.3 Å². The standard InChI is InChI=1S/C6H5Cl2OP.CHCl3/c7-10(8,9)6-4-2-1-3-5-6;2-1(3)4/h1-5H;1H. The Labute approximate surface area is 107 Å². The van der Waals surface area contributed by atoms with Crippen LogP contribution in [-0.2, 0) is 4.57 Å². The second kappa shape index (κ2) is 7.22. The van der Waals surface area contributed by atoms with Crippen molar-refractivity contribution >= 4 is 68.4 Å². The lowest BCUT2D eigenvalue weighted by atomic mass is 10.4. The van der Waals surface area contributed by atoms with Crippen LogP contribution in [-0.4, -0.2) is 4.30 Å². The molecule has 0 N–H and O–H groups in total. The Kier molecular flexibility index (Phi) is 7.68. The fourth-order valence-corrected chi connectivity index (χ4v) is 1.80. The second-order valence-electron chi connectivity index (χ2n) is 2.05. The first kappa shape index (κ1) is 14.9. The maximum Gasteiger partial charge on any atom is 0.281 e. The first-order chi connectivity index (χ1) is 6.34. The van der Waals surface area contributed by atoms with Gasteiger partial charge in [0.2, 0.25) is 0 Å². The van der Waals surface area contributed by atoms with E-state index in [2.05, 4.69) is 0 Å². The van der Waals surface area contributed by atoms with Gasteiger partial charge in [0.15, 0.2) is 4.30 Å². The minimum atomic E-state index is -3.07. The summed E-state index contributed by atoms with van der Waals surface area (Å²) in [6.45, 7) is 0. The van der Waals surface area contributed by atoms with Crippen molar-refractivity contribution < 1.29 is 4.57 Å². The molecule has 0 saturated carbocycles. The van der Waals surface area contributed by atoms with Crippen LogP contribution >= 0.6 is 63.1 Å². The Hall–Kier alpha value is 0.900. The average Bonchev–Trinajstić information content (AvgIpc) is 2.03. The minimum absolute atomic E-state index is 0.485. The quantitative estimate of drug-likeness (QED) is 0.528. The van der Waals surface area contributed by atoms with Gasteiger partial charge in [0.25, 0.3) is 5.85 Å². The highest BCUT2D eigenvalue weighted by Crippen LogP contribution is 2.54. The number of hydrogen-bond acceptors (Lipinski definition) is 1. The van der Waals surface area contributed by atoms with Gasteiger partial charge in [-0.05, 0) is 34.6 Å².